The van der Waals surface area contributed by atoms with Gasteiger partial charge in [0.1, 0.15) is 5.75 Å². The number of aromatic nitrogens is 1. The lowest BCUT2D eigenvalue weighted by molar-refractivity contribution is -0.137. The van der Waals surface area contributed by atoms with E-state index in [-0.39, 0.29) is 24.2 Å². The van der Waals surface area contributed by atoms with Gasteiger partial charge in [-0.05, 0) is 83.5 Å². The van der Waals surface area contributed by atoms with Gasteiger partial charge in [-0.15, -0.1) is 0 Å². The van der Waals surface area contributed by atoms with Crippen molar-refractivity contribution in [2.24, 2.45) is 0 Å². The van der Waals surface area contributed by atoms with Crippen molar-refractivity contribution in [2.75, 3.05) is 33.3 Å². The third-order valence-electron chi connectivity index (χ3n) is 7.20. The van der Waals surface area contributed by atoms with E-state index in [1.54, 1.807) is 13.0 Å². The van der Waals surface area contributed by atoms with Gasteiger partial charge in [0.05, 0.1) is 23.9 Å². The number of ether oxygens (including phenoxy) is 2. The quantitative estimate of drug-likeness (QED) is 0.357. The summed E-state index contributed by atoms with van der Waals surface area (Å²) in [5.74, 6) is -0.606. The molecular weight excluding hydrogens is 446 g/mol. The molecule has 0 aliphatic carbocycles. The van der Waals surface area contributed by atoms with Crippen molar-refractivity contribution in [3.63, 3.8) is 0 Å². The lowest BCUT2D eigenvalue weighted by atomic mass is 9.81. The average Bonchev–Trinajstić information content (AvgIpc) is 3.27. The molecule has 1 fully saturated rings. The molecule has 0 bridgehead atoms. The maximum atomic E-state index is 13.3. The molecule has 1 aromatic heterocycles. The first-order valence-corrected chi connectivity index (χ1v) is 12.4. The Labute approximate surface area is 206 Å². The molecule has 2 aliphatic heterocycles. The van der Waals surface area contributed by atoms with Crippen LogP contribution < -0.4 is 4.74 Å². The molecule has 0 N–H and O–H groups in total. The van der Waals surface area contributed by atoms with Crippen LogP contribution in [0.25, 0.3) is 0 Å². The molecule has 3 heterocycles. The Morgan fingerprint density at radius 1 is 1.03 bits per heavy atom. The van der Waals surface area contributed by atoms with E-state index >= 15 is 0 Å². The molecule has 188 valence electrons. The molecule has 35 heavy (non-hydrogen) atoms. The normalized spacial score (nSPS) is 17.4. The van der Waals surface area contributed by atoms with Crippen LogP contribution in [0.5, 0.6) is 5.75 Å². The van der Waals surface area contributed by atoms with Gasteiger partial charge < -0.3 is 18.9 Å². The maximum absolute atomic E-state index is 13.3. The Balaban J connectivity index is 1.52. The summed E-state index contributed by atoms with van der Waals surface area (Å²) >= 11 is 0. The molecule has 1 saturated heterocycles. The maximum Gasteiger partial charge on any atom is 0.381 e. The van der Waals surface area contributed by atoms with Gasteiger partial charge in [0, 0.05) is 37.4 Å². The summed E-state index contributed by atoms with van der Waals surface area (Å²) < 4.78 is 12.7. The Morgan fingerprint density at radius 3 is 2.37 bits per heavy atom. The second-order valence-corrected chi connectivity index (χ2v) is 9.70. The summed E-state index contributed by atoms with van der Waals surface area (Å²) in [5.41, 5.74) is 2.73. The summed E-state index contributed by atoms with van der Waals surface area (Å²) in [6.07, 6.45) is 1.58. The number of amides is 1. The van der Waals surface area contributed by atoms with Gasteiger partial charge in [0.2, 0.25) is 0 Å². The van der Waals surface area contributed by atoms with E-state index < -0.39 is 11.8 Å². The van der Waals surface area contributed by atoms with Crippen LogP contribution in [0.1, 0.15) is 65.7 Å². The first kappa shape index (κ1) is 25.0. The van der Waals surface area contributed by atoms with Crippen LogP contribution in [0.2, 0.25) is 0 Å². The Kier molecular flexibility index (Phi) is 7.03. The van der Waals surface area contributed by atoms with Gasteiger partial charge >= 0.3 is 5.97 Å². The summed E-state index contributed by atoms with van der Waals surface area (Å²) in [5, 5.41) is 0. The highest BCUT2D eigenvalue weighted by molar-refractivity contribution is 6.40. The molecule has 1 spiro atoms. The summed E-state index contributed by atoms with van der Waals surface area (Å²) in [6, 6.07) is 9.29. The number of ketones is 1. The molecule has 1 amide bonds. The fourth-order valence-corrected chi connectivity index (χ4v) is 5.34. The van der Waals surface area contributed by atoms with Crippen molar-refractivity contribution in [1.29, 1.82) is 0 Å². The predicted octanol–water partition coefficient (Wildman–Crippen LogP) is 3.41. The smallest absolute Gasteiger partial charge is 0.381 e. The number of carbonyl (C=O) groups excluding carboxylic acids is 3. The van der Waals surface area contributed by atoms with Gasteiger partial charge in [-0.3, -0.25) is 14.5 Å². The molecule has 4 rings (SSSR count). The number of carbonyl (C=O) groups is 3. The third-order valence-corrected chi connectivity index (χ3v) is 7.20. The number of aryl methyl sites for hydroxylation is 1. The van der Waals surface area contributed by atoms with E-state index in [0.717, 1.165) is 36.4 Å². The van der Waals surface area contributed by atoms with E-state index in [2.05, 4.69) is 11.9 Å². The minimum atomic E-state index is -0.818. The molecule has 2 aliphatic rings. The highest BCUT2D eigenvalue weighted by atomic mass is 16.5. The summed E-state index contributed by atoms with van der Waals surface area (Å²) in [4.78, 5) is 42.2. The molecule has 8 heteroatoms. The Morgan fingerprint density at radius 2 is 1.74 bits per heavy atom. The van der Waals surface area contributed by atoms with Crippen LogP contribution in [-0.4, -0.2) is 71.4 Å². The molecular formula is C27H35N3O5. The van der Waals surface area contributed by atoms with Crippen molar-refractivity contribution in [3.8, 4) is 5.75 Å². The first-order chi connectivity index (χ1) is 16.7. The SMILES string of the molecule is CCOC(=O)C(=O)c1ccc2n1CCN(C)C21CCN(C(=O)c2ccc(OC(C)C)c(C)c2)CC1. The number of likely N-dealkylation sites (N-methyl/N-ethyl adjacent to an activating group) is 1. The third kappa shape index (κ3) is 4.59. The topological polar surface area (TPSA) is 81.1 Å². The van der Waals surface area contributed by atoms with E-state index in [4.69, 9.17) is 9.47 Å². The lowest BCUT2D eigenvalue weighted by Gasteiger charge is -2.50. The number of nitrogens with zero attached hydrogens (tertiary/aromatic N) is 3. The van der Waals surface area contributed by atoms with E-state index in [0.29, 0.717) is 30.9 Å². The number of esters is 1. The van der Waals surface area contributed by atoms with Gasteiger partial charge in [0.25, 0.3) is 11.7 Å². The van der Waals surface area contributed by atoms with Crippen LogP contribution in [0, 0.1) is 6.92 Å². The van der Waals surface area contributed by atoms with Gasteiger partial charge in [0.15, 0.2) is 0 Å². The number of hydrogen-bond donors (Lipinski definition) is 0. The number of rotatable bonds is 6. The molecule has 0 radical (unpaired) electrons. The van der Waals surface area contributed by atoms with Crippen LogP contribution >= 0.6 is 0 Å². The molecule has 2 aromatic rings. The van der Waals surface area contributed by atoms with Gasteiger partial charge in [-0.25, -0.2) is 4.79 Å². The summed E-state index contributed by atoms with van der Waals surface area (Å²) in [6.45, 7) is 10.4. The Bertz CT molecular complexity index is 1130. The molecule has 0 unspecified atom stereocenters. The standard InChI is InChI=1S/C27H35N3O5/c1-6-34-26(33)24(31)21-8-10-23-27(28(5)15-16-30(21)23)11-13-29(14-12-27)25(32)20-7-9-22(19(4)17-20)35-18(2)3/h7-10,17-18H,6,11-16H2,1-5H3. The number of Topliss-reactive ketones (excluding diaryl/α,β-unsaturated/α-hetero) is 1. The van der Waals surface area contributed by atoms with Crippen molar-refractivity contribution < 1.29 is 23.9 Å². The number of hydrogen-bond acceptors (Lipinski definition) is 6. The molecule has 8 nitrogen and oxygen atoms in total. The van der Waals surface area contributed by atoms with E-state index in [9.17, 15) is 14.4 Å². The predicted molar refractivity (Wildman–Crippen MR) is 132 cm³/mol. The summed E-state index contributed by atoms with van der Waals surface area (Å²) in [7, 11) is 2.09. The fraction of sp³-hybridized carbons (Fsp3) is 0.519. The minimum absolute atomic E-state index is 0.0195. The van der Waals surface area contributed by atoms with Crippen molar-refractivity contribution in [3.05, 3.63) is 52.8 Å². The molecule has 0 saturated carbocycles. The zero-order valence-electron chi connectivity index (χ0n) is 21.3. The number of piperidine rings is 1. The van der Waals surface area contributed by atoms with Gasteiger partial charge in [-0.2, -0.15) is 0 Å². The van der Waals surface area contributed by atoms with Gasteiger partial charge in [-0.1, -0.05) is 0 Å². The molecule has 1 aromatic carbocycles. The number of fused-ring (bicyclic) bond motifs is 2. The highest BCUT2D eigenvalue weighted by Crippen LogP contribution is 2.41. The van der Waals surface area contributed by atoms with Crippen LogP contribution in [0.3, 0.4) is 0 Å². The monoisotopic (exact) mass is 481 g/mol. The zero-order valence-corrected chi connectivity index (χ0v) is 21.3. The van der Waals surface area contributed by atoms with Crippen LogP contribution in [0.4, 0.5) is 0 Å². The largest absolute Gasteiger partial charge is 0.491 e. The molecule has 0 atom stereocenters. The Hall–Kier alpha value is -3.13. The van der Waals surface area contributed by atoms with Crippen molar-refractivity contribution in [1.82, 2.24) is 14.4 Å². The second kappa shape index (κ2) is 9.85. The first-order valence-electron chi connectivity index (χ1n) is 12.4. The lowest BCUT2D eigenvalue weighted by Crippen LogP contribution is -2.56. The zero-order chi connectivity index (χ0) is 25.3. The highest BCUT2D eigenvalue weighted by Gasteiger charge is 2.45. The number of likely N-dealkylation sites (tertiary alicyclic amines) is 1. The average molecular weight is 482 g/mol. The minimum Gasteiger partial charge on any atom is -0.491 e. The van der Waals surface area contributed by atoms with Crippen LogP contribution in [0.15, 0.2) is 30.3 Å². The van der Waals surface area contributed by atoms with Crippen molar-refractivity contribution in [2.45, 2.75) is 58.7 Å². The fourth-order valence-electron chi connectivity index (χ4n) is 5.34. The second-order valence-electron chi connectivity index (χ2n) is 9.70. The van der Waals surface area contributed by atoms with Crippen molar-refractivity contribution >= 4 is 17.7 Å². The number of benzene rings is 1. The van der Waals surface area contributed by atoms with Crippen LogP contribution in [-0.2, 0) is 21.6 Å². The van der Waals surface area contributed by atoms with E-state index in [1.807, 2.05) is 54.5 Å². The van der Waals surface area contributed by atoms with E-state index in [1.165, 1.54) is 0 Å².